The zero-order valence-corrected chi connectivity index (χ0v) is 22.9. The van der Waals surface area contributed by atoms with E-state index in [4.69, 9.17) is 18.6 Å². The predicted octanol–water partition coefficient (Wildman–Crippen LogP) is 4.75. The van der Waals surface area contributed by atoms with Gasteiger partial charge in [0, 0.05) is 16.4 Å². The molecular weight excluding hydrogens is 544 g/mol. The number of aliphatic hydroxyl groups excluding tert-OH is 1. The molecule has 3 aromatic rings. The Balaban J connectivity index is 1.84. The Labute approximate surface area is 223 Å². The molecule has 0 aliphatic carbocycles. The van der Waals surface area contributed by atoms with Crippen LogP contribution in [0.1, 0.15) is 28.6 Å². The molecule has 4 rings (SSSR count). The summed E-state index contributed by atoms with van der Waals surface area (Å²) >= 11 is 3.42. The van der Waals surface area contributed by atoms with Crippen LogP contribution in [0, 0.1) is 0 Å². The summed E-state index contributed by atoms with van der Waals surface area (Å²) in [5.41, 5.74) is 0.976. The van der Waals surface area contributed by atoms with E-state index in [1.165, 1.54) is 26.2 Å². The molecule has 0 radical (unpaired) electrons. The molecule has 2 heterocycles. The van der Waals surface area contributed by atoms with Crippen LogP contribution < -0.4 is 14.2 Å². The number of methoxy groups -OCH3 is 3. The Morgan fingerprint density at radius 1 is 1.08 bits per heavy atom. The van der Waals surface area contributed by atoms with Crippen molar-refractivity contribution in [3.63, 3.8) is 0 Å². The molecule has 0 saturated carbocycles. The zero-order chi connectivity index (χ0) is 26.9. The third-order valence-corrected chi connectivity index (χ3v) is 6.75. The SMILES string of the molecule is COc1cc(C2C(C(=O)c3cc4cc(Br)ccc4o3)=C(O)C(=O)N2CCCN(C)C)cc(OC)c1OC. The van der Waals surface area contributed by atoms with Crippen molar-refractivity contribution in [2.24, 2.45) is 0 Å². The maximum absolute atomic E-state index is 13.8. The number of carbonyl (C=O) groups is 2. The van der Waals surface area contributed by atoms with Crippen molar-refractivity contribution in [1.82, 2.24) is 9.80 Å². The molecule has 1 atom stereocenters. The Morgan fingerprint density at radius 2 is 1.76 bits per heavy atom. The highest BCUT2D eigenvalue weighted by molar-refractivity contribution is 9.10. The van der Waals surface area contributed by atoms with Gasteiger partial charge in [-0.1, -0.05) is 15.9 Å². The summed E-state index contributed by atoms with van der Waals surface area (Å²) in [6, 6.07) is 9.45. The number of aliphatic hydroxyl groups is 1. The van der Waals surface area contributed by atoms with Crippen molar-refractivity contribution in [3.05, 3.63) is 63.5 Å². The van der Waals surface area contributed by atoms with E-state index < -0.39 is 23.5 Å². The second-order valence-corrected chi connectivity index (χ2v) is 9.82. The van der Waals surface area contributed by atoms with E-state index in [9.17, 15) is 14.7 Å². The van der Waals surface area contributed by atoms with E-state index >= 15 is 0 Å². The van der Waals surface area contributed by atoms with Gasteiger partial charge in [0.15, 0.2) is 23.0 Å². The molecule has 0 saturated heterocycles. The van der Waals surface area contributed by atoms with Gasteiger partial charge in [-0.2, -0.15) is 0 Å². The van der Waals surface area contributed by atoms with E-state index in [0.29, 0.717) is 53.3 Å². The van der Waals surface area contributed by atoms with Crippen molar-refractivity contribution in [1.29, 1.82) is 0 Å². The minimum absolute atomic E-state index is 0.0232. The summed E-state index contributed by atoms with van der Waals surface area (Å²) in [6.07, 6.45) is 0.632. The predicted molar refractivity (Wildman–Crippen MR) is 142 cm³/mol. The van der Waals surface area contributed by atoms with E-state index in [-0.39, 0.29) is 11.3 Å². The van der Waals surface area contributed by atoms with Crippen LogP contribution in [-0.4, -0.2) is 75.1 Å². The lowest BCUT2D eigenvalue weighted by Gasteiger charge is -2.28. The Bertz CT molecular complexity index is 1350. The highest BCUT2D eigenvalue weighted by Crippen LogP contribution is 2.45. The van der Waals surface area contributed by atoms with Gasteiger partial charge >= 0.3 is 0 Å². The maximum atomic E-state index is 13.8. The lowest BCUT2D eigenvalue weighted by Crippen LogP contribution is -2.33. The molecule has 2 aromatic carbocycles. The summed E-state index contributed by atoms with van der Waals surface area (Å²) in [5.74, 6) is -0.674. The lowest BCUT2D eigenvalue weighted by atomic mass is 9.94. The normalized spacial score (nSPS) is 15.7. The summed E-state index contributed by atoms with van der Waals surface area (Å²) in [5, 5.41) is 11.7. The summed E-state index contributed by atoms with van der Waals surface area (Å²) in [7, 11) is 8.34. The van der Waals surface area contributed by atoms with Gasteiger partial charge in [0.2, 0.25) is 11.5 Å². The van der Waals surface area contributed by atoms with Crippen LogP contribution in [0.25, 0.3) is 11.0 Å². The number of halogens is 1. The molecule has 0 bridgehead atoms. The van der Waals surface area contributed by atoms with Crippen LogP contribution in [0.5, 0.6) is 17.2 Å². The van der Waals surface area contributed by atoms with Gasteiger partial charge in [-0.25, -0.2) is 0 Å². The van der Waals surface area contributed by atoms with Crippen LogP contribution in [0.2, 0.25) is 0 Å². The quantitative estimate of drug-likeness (QED) is 0.347. The number of Topliss-reactive ketones (excluding diaryl/α,β-unsaturated/α-hetero) is 1. The van der Waals surface area contributed by atoms with Gasteiger partial charge in [-0.3, -0.25) is 9.59 Å². The number of furan rings is 1. The Kier molecular flexibility index (Phi) is 7.79. The fourth-order valence-electron chi connectivity index (χ4n) is 4.54. The molecule has 1 aliphatic rings. The van der Waals surface area contributed by atoms with E-state index in [1.54, 1.807) is 30.3 Å². The largest absolute Gasteiger partial charge is 0.503 e. The van der Waals surface area contributed by atoms with Crippen LogP contribution in [-0.2, 0) is 4.79 Å². The number of benzene rings is 2. The third-order valence-electron chi connectivity index (χ3n) is 6.26. The van der Waals surface area contributed by atoms with E-state index in [2.05, 4.69) is 15.9 Å². The van der Waals surface area contributed by atoms with Gasteiger partial charge in [-0.15, -0.1) is 0 Å². The number of ether oxygens (including phenoxy) is 3. The summed E-state index contributed by atoms with van der Waals surface area (Å²) in [4.78, 5) is 30.6. The highest BCUT2D eigenvalue weighted by atomic mass is 79.9. The molecule has 1 unspecified atom stereocenters. The second kappa shape index (κ2) is 10.9. The van der Waals surface area contributed by atoms with Gasteiger partial charge in [0.05, 0.1) is 32.9 Å². The van der Waals surface area contributed by atoms with Crippen LogP contribution in [0.3, 0.4) is 0 Å². The summed E-state index contributed by atoms with van der Waals surface area (Å²) in [6.45, 7) is 1.03. The van der Waals surface area contributed by atoms with Gasteiger partial charge < -0.3 is 33.5 Å². The van der Waals surface area contributed by atoms with E-state index in [0.717, 1.165) is 4.47 Å². The second-order valence-electron chi connectivity index (χ2n) is 8.90. The van der Waals surface area contributed by atoms with Crippen molar-refractivity contribution in [2.75, 3.05) is 48.5 Å². The molecule has 10 heteroatoms. The minimum Gasteiger partial charge on any atom is -0.503 e. The molecule has 0 fully saturated rings. The lowest BCUT2D eigenvalue weighted by molar-refractivity contribution is -0.129. The van der Waals surface area contributed by atoms with Gasteiger partial charge in [0.1, 0.15) is 5.58 Å². The van der Waals surface area contributed by atoms with Crippen LogP contribution in [0.4, 0.5) is 0 Å². The van der Waals surface area contributed by atoms with Gasteiger partial charge in [-0.05, 0) is 69.0 Å². The molecule has 196 valence electrons. The first-order chi connectivity index (χ1) is 17.7. The standard InChI is InChI=1S/C27H29BrN2O7/c1-29(2)9-6-10-30-23(16-13-20(34-3)26(36-5)21(14-16)35-4)22(25(32)27(30)33)24(31)19-12-15-11-17(28)7-8-18(15)37-19/h7-8,11-14,23,32H,6,9-10H2,1-5H3. The Morgan fingerprint density at radius 3 is 2.35 bits per heavy atom. The molecule has 37 heavy (non-hydrogen) atoms. The molecule has 1 N–H and O–H groups in total. The number of hydrogen-bond donors (Lipinski definition) is 1. The topological polar surface area (TPSA) is 102 Å². The Hall–Kier alpha value is -3.50. The van der Waals surface area contributed by atoms with Crippen LogP contribution >= 0.6 is 15.9 Å². The minimum atomic E-state index is -0.893. The number of carbonyl (C=O) groups excluding carboxylic acids is 2. The average Bonchev–Trinajstić information content (AvgIpc) is 3.41. The first kappa shape index (κ1) is 26.6. The monoisotopic (exact) mass is 572 g/mol. The fraction of sp³-hybridized carbons (Fsp3) is 0.333. The third kappa shape index (κ3) is 5.03. The number of hydrogen-bond acceptors (Lipinski definition) is 8. The van der Waals surface area contributed by atoms with Crippen molar-refractivity contribution in [2.45, 2.75) is 12.5 Å². The molecule has 1 amide bonds. The number of ketones is 1. The first-order valence-corrected chi connectivity index (χ1v) is 12.4. The smallest absolute Gasteiger partial charge is 0.290 e. The average molecular weight is 573 g/mol. The molecule has 0 spiro atoms. The molecule has 1 aliphatic heterocycles. The molecule has 1 aromatic heterocycles. The molecule has 9 nitrogen and oxygen atoms in total. The van der Waals surface area contributed by atoms with Gasteiger partial charge in [0.25, 0.3) is 5.91 Å². The number of rotatable bonds is 10. The number of fused-ring (bicyclic) bond motifs is 1. The van der Waals surface area contributed by atoms with Crippen molar-refractivity contribution in [3.8, 4) is 17.2 Å². The fourth-order valence-corrected chi connectivity index (χ4v) is 4.92. The summed E-state index contributed by atoms with van der Waals surface area (Å²) < 4.78 is 23.1. The van der Waals surface area contributed by atoms with Crippen molar-refractivity contribution < 1.29 is 33.3 Å². The number of nitrogens with zero attached hydrogens (tertiary/aromatic N) is 2. The molecular formula is C27H29BrN2O7. The zero-order valence-electron chi connectivity index (χ0n) is 21.3. The first-order valence-electron chi connectivity index (χ1n) is 11.6. The van der Waals surface area contributed by atoms with Crippen LogP contribution in [0.15, 0.2) is 56.6 Å². The maximum Gasteiger partial charge on any atom is 0.290 e. The number of amides is 1. The highest BCUT2D eigenvalue weighted by Gasteiger charge is 2.45. The van der Waals surface area contributed by atoms with E-state index in [1.807, 2.05) is 25.1 Å². The van der Waals surface area contributed by atoms with Crippen molar-refractivity contribution >= 4 is 38.6 Å².